The van der Waals surface area contributed by atoms with E-state index in [1.54, 1.807) is 6.20 Å². The molecule has 1 unspecified atom stereocenters. The summed E-state index contributed by atoms with van der Waals surface area (Å²) in [5, 5.41) is 3.29. The number of hydrogen-bond acceptors (Lipinski definition) is 2. The second kappa shape index (κ2) is 5.75. The normalized spacial score (nSPS) is 13.1. The van der Waals surface area contributed by atoms with Crippen LogP contribution in [0.2, 0.25) is 0 Å². The first-order chi connectivity index (χ1) is 6.79. The number of aryl methyl sites for hydroxylation is 1. The molecule has 1 aromatic heterocycles. The highest BCUT2D eigenvalue weighted by Gasteiger charge is 2.12. The van der Waals surface area contributed by atoms with E-state index in [4.69, 9.17) is 0 Å². The molecular weight excluding hydrogens is 181 g/mol. The molecule has 14 heavy (non-hydrogen) atoms. The number of nitrogens with zero attached hydrogens (tertiary/aromatic N) is 2. The maximum Gasteiger partial charge on any atom is 0.125 e. The fourth-order valence-electron chi connectivity index (χ4n) is 1.47. The SMILES string of the molecule is CCC(NCCCF)c1nccn1C. The highest BCUT2D eigenvalue weighted by atomic mass is 19.1. The summed E-state index contributed by atoms with van der Waals surface area (Å²) < 4.78 is 13.9. The monoisotopic (exact) mass is 199 g/mol. The summed E-state index contributed by atoms with van der Waals surface area (Å²) in [6.07, 6.45) is 5.25. The van der Waals surface area contributed by atoms with E-state index >= 15 is 0 Å². The number of alkyl halides is 1. The molecule has 0 bridgehead atoms. The van der Waals surface area contributed by atoms with Crippen LogP contribution in [0.1, 0.15) is 31.6 Å². The van der Waals surface area contributed by atoms with Gasteiger partial charge in [0.25, 0.3) is 0 Å². The molecule has 0 aliphatic heterocycles. The minimum atomic E-state index is -0.260. The van der Waals surface area contributed by atoms with Crippen molar-refractivity contribution in [2.24, 2.45) is 7.05 Å². The maximum atomic E-state index is 11.9. The van der Waals surface area contributed by atoms with Gasteiger partial charge in [-0.3, -0.25) is 4.39 Å². The Bertz CT molecular complexity index is 260. The highest BCUT2D eigenvalue weighted by Crippen LogP contribution is 2.13. The van der Waals surface area contributed by atoms with Crippen LogP contribution in [-0.4, -0.2) is 22.8 Å². The first kappa shape index (κ1) is 11.2. The highest BCUT2D eigenvalue weighted by molar-refractivity contribution is 4.98. The number of nitrogens with one attached hydrogen (secondary N) is 1. The minimum absolute atomic E-state index is 0.238. The molecule has 4 heteroatoms. The average molecular weight is 199 g/mol. The molecule has 80 valence electrons. The van der Waals surface area contributed by atoms with Crippen molar-refractivity contribution in [2.45, 2.75) is 25.8 Å². The van der Waals surface area contributed by atoms with Crippen molar-refractivity contribution in [3.05, 3.63) is 18.2 Å². The molecule has 0 radical (unpaired) electrons. The fourth-order valence-corrected chi connectivity index (χ4v) is 1.47. The van der Waals surface area contributed by atoms with Crippen molar-refractivity contribution in [3.63, 3.8) is 0 Å². The lowest BCUT2D eigenvalue weighted by molar-refractivity contribution is 0.424. The fraction of sp³-hybridized carbons (Fsp3) is 0.700. The van der Waals surface area contributed by atoms with Gasteiger partial charge in [-0.15, -0.1) is 0 Å². The molecule has 3 nitrogen and oxygen atoms in total. The zero-order chi connectivity index (χ0) is 10.4. The van der Waals surface area contributed by atoms with Crippen molar-refractivity contribution < 1.29 is 4.39 Å². The van der Waals surface area contributed by atoms with Crippen molar-refractivity contribution in [1.29, 1.82) is 0 Å². The van der Waals surface area contributed by atoms with E-state index in [1.807, 2.05) is 17.8 Å². The van der Waals surface area contributed by atoms with Gasteiger partial charge in [-0.05, 0) is 19.4 Å². The molecule has 1 aromatic rings. The zero-order valence-electron chi connectivity index (χ0n) is 8.83. The van der Waals surface area contributed by atoms with Crippen molar-refractivity contribution in [1.82, 2.24) is 14.9 Å². The summed E-state index contributed by atoms with van der Waals surface area (Å²) >= 11 is 0. The Balaban J connectivity index is 2.50. The Morgan fingerprint density at radius 1 is 1.64 bits per heavy atom. The summed E-state index contributed by atoms with van der Waals surface area (Å²) in [5.74, 6) is 1.02. The van der Waals surface area contributed by atoms with E-state index < -0.39 is 0 Å². The van der Waals surface area contributed by atoms with Crippen LogP contribution in [0.5, 0.6) is 0 Å². The van der Waals surface area contributed by atoms with Crippen molar-refractivity contribution >= 4 is 0 Å². The minimum Gasteiger partial charge on any atom is -0.337 e. The Hall–Kier alpha value is -0.900. The Kier molecular flexibility index (Phi) is 4.59. The second-order valence-electron chi connectivity index (χ2n) is 3.35. The van der Waals surface area contributed by atoms with Gasteiger partial charge < -0.3 is 9.88 Å². The topological polar surface area (TPSA) is 29.9 Å². The van der Waals surface area contributed by atoms with Gasteiger partial charge in [0, 0.05) is 19.4 Å². The van der Waals surface area contributed by atoms with Gasteiger partial charge >= 0.3 is 0 Å². The Morgan fingerprint density at radius 3 is 2.93 bits per heavy atom. The van der Waals surface area contributed by atoms with E-state index in [0.29, 0.717) is 13.0 Å². The quantitative estimate of drug-likeness (QED) is 0.708. The van der Waals surface area contributed by atoms with E-state index in [0.717, 1.165) is 12.2 Å². The summed E-state index contributed by atoms with van der Waals surface area (Å²) in [6, 6.07) is 0.238. The molecule has 1 N–H and O–H groups in total. The number of aromatic nitrogens is 2. The predicted octanol–water partition coefficient (Wildman–Crippen LogP) is 1.82. The summed E-state index contributed by atoms with van der Waals surface area (Å²) in [5.41, 5.74) is 0. The number of hydrogen-bond donors (Lipinski definition) is 1. The molecule has 0 saturated carbocycles. The largest absolute Gasteiger partial charge is 0.337 e. The van der Waals surface area contributed by atoms with Gasteiger partial charge in [0.05, 0.1) is 12.7 Å². The lowest BCUT2D eigenvalue weighted by atomic mass is 10.2. The molecule has 1 rings (SSSR count). The third-order valence-electron chi connectivity index (χ3n) is 2.28. The molecule has 0 spiro atoms. The lowest BCUT2D eigenvalue weighted by Crippen LogP contribution is -2.24. The zero-order valence-corrected chi connectivity index (χ0v) is 8.83. The summed E-state index contributed by atoms with van der Waals surface area (Å²) in [4.78, 5) is 4.27. The van der Waals surface area contributed by atoms with Gasteiger partial charge in [-0.1, -0.05) is 6.92 Å². The maximum absolute atomic E-state index is 11.9. The standard InChI is InChI=1S/C10H18FN3/c1-3-9(12-6-4-5-11)10-13-7-8-14(10)2/h7-9,12H,3-6H2,1-2H3. The first-order valence-electron chi connectivity index (χ1n) is 5.06. The average Bonchev–Trinajstić information content (AvgIpc) is 2.60. The van der Waals surface area contributed by atoms with Gasteiger partial charge in [-0.2, -0.15) is 0 Å². The summed E-state index contributed by atoms with van der Waals surface area (Å²) in [6.45, 7) is 2.55. The van der Waals surface area contributed by atoms with Crippen LogP contribution in [-0.2, 0) is 7.05 Å². The summed E-state index contributed by atoms with van der Waals surface area (Å²) in [7, 11) is 1.97. The molecule has 0 fully saturated rings. The van der Waals surface area contributed by atoms with Gasteiger partial charge in [0.15, 0.2) is 0 Å². The molecule has 0 aliphatic carbocycles. The van der Waals surface area contributed by atoms with E-state index in [9.17, 15) is 4.39 Å². The second-order valence-corrected chi connectivity index (χ2v) is 3.35. The molecule has 0 aromatic carbocycles. The lowest BCUT2D eigenvalue weighted by Gasteiger charge is -2.16. The van der Waals surface area contributed by atoms with E-state index in [-0.39, 0.29) is 12.7 Å². The molecular formula is C10H18FN3. The first-order valence-corrected chi connectivity index (χ1v) is 5.06. The van der Waals surface area contributed by atoms with Gasteiger partial charge in [0.1, 0.15) is 5.82 Å². The van der Waals surface area contributed by atoms with E-state index in [2.05, 4.69) is 17.2 Å². The molecule has 0 saturated heterocycles. The number of imidazole rings is 1. The molecule has 1 heterocycles. The van der Waals surface area contributed by atoms with Gasteiger partial charge in [-0.25, -0.2) is 4.98 Å². The van der Waals surface area contributed by atoms with Crippen LogP contribution < -0.4 is 5.32 Å². The number of rotatable bonds is 6. The predicted molar refractivity (Wildman–Crippen MR) is 54.8 cm³/mol. The van der Waals surface area contributed by atoms with Crippen molar-refractivity contribution in [2.75, 3.05) is 13.2 Å². The molecule has 1 atom stereocenters. The van der Waals surface area contributed by atoms with Crippen LogP contribution in [0.15, 0.2) is 12.4 Å². The smallest absolute Gasteiger partial charge is 0.125 e. The van der Waals surface area contributed by atoms with Crippen LogP contribution in [0.3, 0.4) is 0 Å². The Morgan fingerprint density at radius 2 is 2.43 bits per heavy atom. The Labute approximate surface area is 84.3 Å². The van der Waals surface area contributed by atoms with Crippen LogP contribution >= 0.6 is 0 Å². The number of halogens is 1. The van der Waals surface area contributed by atoms with E-state index in [1.165, 1.54) is 0 Å². The molecule has 0 aliphatic rings. The van der Waals surface area contributed by atoms with Crippen molar-refractivity contribution in [3.8, 4) is 0 Å². The van der Waals surface area contributed by atoms with Crippen LogP contribution in [0.4, 0.5) is 4.39 Å². The van der Waals surface area contributed by atoms with Crippen LogP contribution in [0.25, 0.3) is 0 Å². The third-order valence-corrected chi connectivity index (χ3v) is 2.28. The molecule has 0 amide bonds. The van der Waals surface area contributed by atoms with Gasteiger partial charge in [0.2, 0.25) is 0 Å². The third kappa shape index (κ3) is 2.80. The van der Waals surface area contributed by atoms with Crippen LogP contribution in [0, 0.1) is 0 Å².